The second-order valence-electron chi connectivity index (χ2n) is 5.54. The van der Waals surface area contributed by atoms with Crippen LogP contribution in [0.25, 0.3) is 0 Å². The van der Waals surface area contributed by atoms with E-state index < -0.39 is 22.4 Å². The third kappa shape index (κ3) is 4.66. The van der Waals surface area contributed by atoms with E-state index in [0.717, 1.165) is 6.07 Å². The third-order valence-electron chi connectivity index (χ3n) is 3.64. The first-order chi connectivity index (χ1) is 13.8. The van der Waals surface area contributed by atoms with Gasteiger partial charge in [-0.15, -0.1) is 10.2 Å². The molecular weight excluding hydrogens is 395 g/mol. The van der Waals surface area contributed by atoms with E-state index in [-0.39, 0.29) is 17.2 Å². The minimum absolute atomic E-state index is 0.0804. The fraction of sp³-hybridized carbons (Fsp3) is 0.118. The molecule has 3 aromatic rings. The standard InChI is InChI=1S/C17H12F3N5O4/c1-28-16-6-11(8-23-24-9-21-22-10-24)2-4-15(16)29-14-5-3-12(17(18,19)20)7-13(14)25(26)27/h2-10H,1H3. The number of nitro groups is 1. The summed E-state index contributed by atoms with van der Waals surface area (Å²) in [5.74, 6) is -0.0732. The highest BCUT2D eigenvalue weighted by atomic mass is 19.4. The van der Waals surface area contributed by atoms with Crippen molar-refractivity contribution in [2.45, 2.75) is 6.18 Å². The molecule has 0 aliphatic rings. The van der Waals surface area contributed by atoms with Gasteiger partial charge < -0.3 is 9.47 Å². The smallest absolute Gasteiger partial charge is 0.416 e. The van der Waals surface area contributed by atoms with E-state index in [2.05, 4.69) is 15.3 Å². The van der Waals surface area contributed by atoms with Gasteiger partial charge in [-0.25, -0.2) is 4.68 Å². The second-order valence-corrected chi connectivity index (χ2v) is 5.54. The highest BCUT2D eigenvalue weighted by Gasteiger charge is 2.33. The second kappa shape index (κ2) is 7.96. The van der Waals surface area contributed by atoms with Crippen LogP contribution in [0.5, 0.6) is 17.2 Å². The molecule has 1 aromatic heterocycles. The molecule has 1 heterocycles. The van der Waals surface area contributed by atoms with Gasteiger partial charge in [0.05, 0.1) is 23.8 Å². The van der Waals surface area contributed by atoms with E-state index in [0.29, 0.717) is 17.7 Å². The van der Waals surface area contributed by atoms with Crippen molar-refractivity contribution in [3.63, 3.8) is 0 Å². The Hall–Kier alpha value is -3.96. The Morgan fingerprint density at radius 2 is 1.79 bits per heavy atom. The lowest BCUT2D eigenvalue weighted by atomic mass is 10.1. The van der Waals surface area contributed by atoms with Crippen LogP contribution in [0.15, 0.2) is 54.2 Å². The van der Waals surface area contributed by atoms with E-state index in [9.17, 15) is 23.3 Å². The van der Waals surface area contributed by atoms with Crippen molar-refractivity contribution >= 4 is 11.9 Å². The van der Waals surface area contributed by atoms with Gasteiger partial charge in [-0.3, -0.25) is 10.1 Å². The topological polar surface area (TPSA) is 105 Å². The van der Waals surface area contributed by atoms with Crippen LogP contribution in [0.2, 0.25) is 0 Å². The van der Waals surface area contributed by atoms with Crippen LogP contribution >= 0.6 is 0 Å². The number of hydrogen-bond donors (Lipinski definition) is 0. The zero-order valence-corrected chi connectivity index (χ0v) is 14.7. The monoisotopic (exact) mass is 407 g/mol. The number of benzene rings is 2. The molecule has 12 heteroatoms. The van der Waals surface area contributed by atoms with E-state index in [1.807, 2.05) is 0 Å². The highest BCUT2D eigenvalue weighted by molar-refractivity contribution is 5.80. The molecule has 0 atom stereocenters. The van der Waals surface area contributed by atoms with E-state index >= 15 is 0 Å². The molecular formula is C17H12F3N5O4. The number of halogens is 3. The molecule has 2 aromatic carbocycles. The zero-order chi connectivity index (χ0) is 21.0. The molecule has 0 amide bonds. The maximum atomic E-state index is 12.8. The average molecular weight is 407 g/mol. The maximum Gasteiger partial charge on any atom is 0.416 e. The number of ether oxygens (including phenoxy) is 2. The lowest BCUT2D eigenvalue weighted by Gasteiger charge is -2.12. The number of rotatable bonds is 6. The van der Waals surface area contributed by atoms with E-state index in [4.69, 9.17) is 9.47 Å². The van der Waals surface area contributed by atoms with Crippen molar-refractivity contribution < 1.29 is 27.6 Å². The molecule has 0 radical (unpaired) electrons. The molecule has 150 valence electrons. The number of nitrogens with zero attached hydrogens (tertiary/aromatic N) is 5. The van der Waals surface area contributed by atoms with Crippen molar-refractivity contribution in [3.8, 4) is 17.2 Å². The molecule has 0 saturated carbocycles. The van der Waals surface area contributed by atoms with Gasteiger partial charge >= 0.3 is 11.9 Å². The summed E-state index contributed by atoms with van der Waals surface area (Å²) in [6, 6.07) is 6.59. The van der Waals surface area contributed by atoms with Crippen molar-refractivity contribution in [1.29, 1.82) is 0 Å². The fourth-order valence-corrected chi connectivity index (χ4v) is 2.28. The normalized spacial score (nSPS) is 11.6. The number of nitro benzene ring substituents is 1. The molecule has 0 aliphatic carbocycles. The summed E-state index contributed by atoms with van der Waals surface area (Å²) in [5, 5.41) is 22.5. The summed E-state index contributed by atoms with van der Waals surface area (Å²) in [5.41, 5.74) is -1.37. The van der Waals surface area contributed by atoms with Crippen LogP contribution in [0, 0.1) is 10.1 Å². The third-order valence-corrected chi connectivity index (χ3v) is 3.64. The molecule has 0 spiro atoms. The van der Waals surface area contributed by atoms with Crippen LogP contribution in [0.4, 0.5) is 18.9 Å². The lowest BCUT2D eigenvalue weighted by Crippen LogP contribution is -2.06. The first-order valence-corrected chi connectivity index (χ1v) is 7.88. The minimum Gasteiger partial charge on any atom is -0.493 e. The Bertz CT molecular complexity index is 1050. The molecule has 29 heavy (non-hydrogen) atoms. The van der Waals surface area contributed by atoms with E-state index in [1.165, 1.54) is 36.7 Å². The molecule has 0 fully saturated rings. The van der Waals surface area contributed by atoms with Crippen molar-refractivity contribution in [2.75, 3.05) is 7.11 Å². The van der Waals surface area contributed by atoms with Crippen molar-refractivity contribution in [2.24, 2.45) is 5.10 Å². The van der Waals surface area contributed by atoms with Gasteiger partial charge in [0.2, 0.25) is 5.75 Å². The van der Waals surface area contributed by atoms with Gasteiger partial charge in [0.1, 0.15) is 12.7 Å². The predicted molar refractivity (Wildman–Crippen MR) is 94.2 cm³/mol. The first kappa shape index (κ1) is 19.8. The first-order valence-electron chi connectivity index (χ1n) is 7.88. The molecule has 3 rings (SSSR count). The summed E-state index contributed by atoms with van der Waals surface area (Å²) < 4.78 is 50.5. The lowest BCUT2D eigenvalue weighted by molar-refractivity contribution is -0.385. The summed E-state index contributed by atoms with van der Waals surface area (Å²) in [6.07, 6.45) is -0.465. The minimum atomic E-state index is -4.72. The number of hydrogen-bond acceptors (Lipinski definition) is 7. The van der Waals surface area contributed by atoms with Crippen LogP contribution in [-0.4, -0.2) is 33.1 Å². The molecule has 0 bridgehead atoms. The summed E-state index contributed by atoms with van der Waals surface area (Å²) >= 11 is 0. The van der Waals surface area contributed by atoms with Gasteiger partial charge in [-0.05, 0) is 35.9 Å². The van der Waals surface area contributed by atoms with Gasteiger partial charge in [0.25, 0.3) is 0 Å². The van der Waals surface area contributed by atoms with Crippen LogP contribution < -0.4 is 9.47 Å². The molecule has 0 aliphatic heterocycles. The van der Waals surface area contributed by atoms with Gasteiger partial charge in [-0.2, -0.15) is 18.3 Å². The van der Waals surface area contributed by atoms with Crippen LogP contribution in [0.3, 0.4) is 0 Å². The Kier molecular flexibility index (Phi) is 5.43. The summed E-state index contributed by atoms with van der Waals surface area (Å²) in [6.45, 7) is 0. The van der Waals surface area contributed by atoms with Gasteiger partial charge in [0, 0.05) is 6.07 Å². The van der Waals surface area contributed by atoms with Crippen LogP contribution in [0.1, 0.15) is 11.1 Å². The molecule has 9 nitrogen and oxygen atoms in total. The zero-order valence-electron chi connectivity index (χ0n) is 14.7. The maximum absolute atomic E-state index is 12.8. The number of aromatic nitrogens is 3. The SMILES string of the molecule is COc1cc(C=Nn2cnnc2)ccc1Oc1ccc(C(F)(F)F)cc1[N+](=O)[O-]. The van der Waals surface area contributed by atoms with Crippen molar-refractivity contribution in [1.82, 2.24) is 14.9 Å². The Labute approximate surface area is 161 Å². The number of methoxy groups -OCH3 is 1. The van der Waals surface area contributed by atoms with Gasteiger partial charge in [0.15, 0.2) is 11.5 Å². The number of alkyl halides is 3. The summed E-state index contributed by atoms with van der Waals surface area (Å²) in [4.78, 5) is 10.2. The van der Waals surface area contributed by atoms with Crippen LogP contribution in [-0.2, 0) is 6.18 Å². The van der Waals surface area contributed by atoms with E-state index in [1.54, 1.807) is 12.1 Å². The van der Waals surface area contributed by atoms with Crippen molar-refractivity contribution in [3.05, 3.63) is 70.3 Å². The quantitative estimate of drug-likeness (QED) is 0.349. The molecule has 0 unspecified atom stereocenters. The fourth-order valence-electron chi connectivity index (χ4n) is 2.28. The Morgan fingerprint density at radius 1 is 1.10 bits per heavy atom. The van der Waals surface area contributed by atoms with Gasteiger partial charge in [-0.1, -0.05) is 0 Å². The molecule has 0 N–H and O–H groups in total. The molecule has 0 saturated heterocycles. The highest BCUT2D eigenvalue weighted by Crippen LogP contribution is 2.40. The average Bonchev–Trinajstić information content (AvgIpc) is 3.20. The largest absolute Gasteiger partial charge is 0.493 e. The predicted octanol–water partition coefficient (Wildman–Crippen LogP) is 3.89. The summed E-state index contributed by atoms with van der Waals surface area (Å²) in [7, 11) is 1.35. The Balaban J connectivity index is 1.90. The Morgan fingerprint density at radius 3 is 2.41 bits per heavy atom.